The Morgan fingerprint density at radius 2 is 2.00 bits per heavy atom. The molecule has 17 heavy (non-hydrogen) atoms. The van der Waals surface area contributed by atoms with Gasteiger partial charge in [-0.15, -0.1) is 13.2 Å². The van der Waals surface area contributed by atoms with Gasteiger partial charge in [-0.3, -0.25) is 0 Å². The highest BCUT2D eigenvalue weighted by Crippen LogP contribution is 2.29. The highest BCUT2D eigenvalue weighted by atomic mass is 19.4. The van der Waals surface area contributed by atoms with Crippen molar-refractivity contribution in [1.29, 1.82) is 0 Å². The number of hydrogen-bond acceptors (Lipinski definition) is 3. The second-order valence-corrected chi connectivity index (χ2v) is 3.18. The monoisotopic (exact) mass is 248 g/mol. The Labute approximate surface area is 95.8 Å². The van der Waals surface area contributed by atoms with Gasteiger partial charge in [-0.2, -0.15) is 0 Å². The standard InChI is InChI=1S/C11H11F3O3/c12-11(13,14)17-10-5-4-9(16)7-8(10)3-1-2-6-15/h1,3-5,7,15-16H,2,6H2. The minimum atomic E-state index is -4.78. The second-order valence-electron chi connectivity index (χ2n) is 3.18. The predicted molar refractivity (Wildman–Crippen MR) is 55.5 cm³/mol. The molecule has 0 saturated heterocycles. The van der Waals surface area contributed by atoms with Crippen LogP contribution in [0.25, 0.3) is 6.08 Å². The van der Waals surface area contributed by atoms with Gasteiger partial charge in [0, 0.05) is 12.2 Å². The molecule has 0 bridgehead atoms. The number of aliphatic hydroxyl groups excluding tert-OH is 1. The molecule has 0 saturated carbocycles. The molecule has 0 amide bonds. The van der Waals surface area contributed by atoms with Crippen molar-refractivity contribution in [2.75, 3.05) is 6.61 Å². The molecule has 94 valence electrons. The van der Waals surface area contributed by atoms with Gasteiger partial charge in [-0.1, -0.05) is 12.2 Å². The number of phenols is 1. The van der Waals surface area contributed by atoms with Crippen LogP contribution in [-0.2, 0) is 0 Å². The molecule has 3 nitrogen and oxygen atoms in total. The molecule has 0 heterocycles. The zero-order valence-electron chi connectivity index (χ0n) is 8.74. The summed E-state index contributed by atoms with van der Waals surface area (Å²) >= 11 is 0. The summed E-state index contributed by atoms with van der Waals surface area (Å²) in [7, 11) is 0. The SMILES string of the molecule is OCCC=Cc1cc(O)ccc1OC(F)(F)F. The zero-order chi connectivity index (χ0) is 12.9. The number of ether oxygens (including phenoxy) is 1. The van der Waals surface area contributed by atoms with E-state index in [-0.39, 0.29) is 17.9 Å². The third-order valence-corrected chi connectivity index (χ3v) is 1.81. The molecule has 0 spiro atoms. The van der Waals surface area contributed by atoms with Crippen molar-refractivity contribution >= 4 is 6.08 Å². The van der Waals surface area contributed by atoms with Gasteiger partial charge >= 0.3 is 6.36 Å². The normalized spacial score (nSPS) is 12.0. The molecular weight excluding hydrogens is 237 g/mol. The lowest BCUT2D eigenvalue weighted by molar-refractivity contribution is -0.274. The van der Waals surface area contributed by atoms with Crippen LogP contribution in [0.15, 0.2) is 24.3 Å². The minimum absolute atomic E-state index is 0.0933. The Balaban J connectivity index is 2.95. The summed E-state index contributed by atoms with van der Waals surface area (Å²) in [6.45, 7) is -0.106. The first-order chi connectivity index (χ1) is 7.92. The highest BCUT2D eigenvalue weighted by Gasteiger charge is 2.31. The van der Waals surface area contributed by atoms with E-state index in [1.807, 2.05) is 0 Å². The lowest BCUT2D eigenvalue weighted by Gasteiger charge is -2.11. The smallest absolute Gasteiger partial charge is 0.508 e. The first-order valence-electron chi connectivity index (χ1n) is 4.78. The number of aromatic hydroxyl groups is 1. The molecule has 0 fully saturated rings. The number of benzene rings is 1. The average Bonchev–Trinajstić information content (AvgIpc) is 2.20. The van der Waals surface area contributed by atoms with E-state index in [0.717, 1.165) is 18.2 Å². The van der Waals surface area contributed by atoms with Crippen molar-refractivity contribution in [3.63, 3.8) is 0 Å². The summed E-state index contributed by atoms with van der Waals surface area (Å²) in [6, 6.07) is 3.28. The van der Waals surface area contributed by atoms with E-state index in [2.05, 4.69) is 4.74 Å². The van der Waals surface area contributed by atoms with E-state index >= 15 is 0 Å². The highest BCUT2D eigenvalue weighted by molar-refractivity contribution is 5.59. The Kier molecular flexibility index (Phi) is 4.39. The number of hydrogen-bond donors (Lipinski definition) is 2. The molecule has 1 aromatic rings. The molecule has 0 atom stereocenters. The molecule has 2 N–H and O–H groups in total. The van der Waals surface area contributed by atoms with Crippen LogP contribution in [-0.4, -0.2) is 23.2 Å². The van der Waals surface area contributed by atoms with Crippen LogP contribution in [0.4, 0.5) is 13.2 Å². The van der Waals surface area contributed by atoms with Gasteiger partial charge in [0.1, 0.15) is 11.5 Å². The van der Waals surface area contributed by atoms with Crippen molar-refractivity contribution in [2.45, 2.75) is 12.8 Å². The summed E-state index contributed by atoms with van der Waals surface area (Å²) in [4.78, 5) is 0. The van der Waals surface area contributed by atoms with Gasteiger partial charge < -0.3 is 14.9 Å². The third-order valence-electron chi connectivity index (χ3n) is 1.81. The largest absolute Gasteiger partial charge is 0.573 e. The summed E-state index contributed by atoms with van der Waals surface area (Å²) in [6.07, 6.45) is -1.65. The Morgan fingerprint density at radius 1 is 1.29 bits per heavy atom. The van der Waals surface area contributed by atoms with Crippen molar-refractivity contribution in [3.8, 4) is 11.5 Å². The molecule has 1 rings (SSSR count). The van der Waals surface area contributed by atoms with E-state index in [1.54, 1.807) is 0 Å². The van der Waals surface area contributed by atoms with Crippen molar-refractivity contribution in [1.82, 2.24) is 0 Å². The van der Waals surface area contributed by atoms with Gasteiger partial charge in [0.2, 0.25) is 0 Å². The zero-order valence-corrected chi connectivity index (χ0v) is 8.74. The average molecular weight is 248 g/mol. The molecule has 0 aliphatic carbocycles. The van der Waals surface area contributed by atoms with Crippen LogP contribution in [0.1, 0.15) is 12.0 Å². The maximum atomic E-state index is 12.1. The second kappa shape index (κ2) is 5.58. The maximum absolute atomic E-state index is 12.1. The summed E-state index contributed by atoms with van der Waals surface area (Å²) in [5.74, 6) is -0.562. The number of alkyl halides is 3. The first-order valence-corrected chi connectivity index (χ1v) is 4.78. The Bertz CT molecular complexity index is 399. The van der Waals surface area contributed by atoms with Crippen molar-refractivity contribution in [3.05, 3.63) is 29.8 Å². The fourth-order valence-corrected chi connectivity index (χ4v) is 1.17. The van der Waals surface area contributed by atoms with Gasteiger partial charge in [-0.05, 0) is 24.6 Å². The number of aliphatic hydroxyl groups is 1. The van der Waals surface area contributed by atoms with Crippen LogP contribution < -0.4 is 4.74 Å². The molecule has 0 unspecified atom stereocenters. The van der Waals surface area contributed by atoms with E-state index in [9.17, 15) is 18.3 Å². The summed E-state index contributed by atoms with van der Waals surface area (Å²) in [5.41, 5.74) is 0.0933. The minimum Gasteiger partial charge on any atom is -0.508 e. The maximum Gasteiger partial charge on any atom is 0.573 e. The van der Waals surface area contributed by atoms with Gasteiger partial charge in [-0.25, -0.2) is 0 Å². The van der Waals surface area contributed by atoms with Crippen LogP contribution in [0, 0.1) is 0 Å². The third kappa shape index (κ3) is 4.78. The van der Waals surface area contributed by atoms with E-state index in [4.69, 9.17) is 5.11 Å². The lowest BCUT2D eigenvalue weighted by atomic mass is 10.1. The van der Waals surface area contributed by atoms with Crippen molar-refractivity contribution in [2.24, 2.45) is 0 Å². The number of phenolic OH excluding ortho intramolecular Hbond substituents is 1. The molecule has 6 heteroatoms. The quantitative estimate of drug-likeness (QED) is 0.861. The Hall–Kier alpha value is -1.69. The lowest BCUT2D eigenvalue weighted by Crippen LogP contribution is -2.17. The van der Waals surface area contributed by atoms with Gasteiger partial charge in [0.15, 0.2) is 0 Å². The summed E-state index contributed by atoms with van der Waals surface area (Å²) in [5, 5.41) is 17.7. The van der Waals surface area contributed by atoms with Crippen LogP contribution in [0.2, 0.25) is 0 Å². The first kappa shape index (κ1) is 13.4. The fraction of sp³-hybridized carbons (Fsp3) is 0.273. The predicted octanol–water partition coefficient (Wildman–Crippen LogP) is 2.69. The van der Waals surface area contributed by atoms with Gasteiger partial charge in [0.05, 0.1) is 0 Å². The molecular formula is C11H11F3O3. The number of rotatable bonds is 4. The fourth-order valence-electron chi connectivity index (χ4n) is 1.17. The molecule has 0 aliphatic heterocycles. The molecule has 0 aromatic heterocycles. The van der Waals surface area contributed by atoms with Gasteiger partial charge in [0.25, 0.3) is 0 Å². The number of halogens is 3. The van der Waals surface area contributed by atoms with Crippen LogP contribution in [0.5, 0.6) is 11.5 Å². The molecule has 1 aromatic carbocycles. The topological polar surface area (TPSA) is 49.7 Å². The van der Waals surface area contributed by atoms with E-state index in [1.165, 1.54) is 12.2 Å². The Morgan fingerprint density at radius 3 is 2.59 bits per heavy atom. The molecule has 0 aliphatic rings. The summed E-state index contributed by atoms with van der Waals surface area (Å²) < 4.78 is 40.0. The van der Waals surface area contributed by atoms with E-state index in [0.29, 0.717) is 6.42 Å². The van der Waals surface area contributed by atoms with Crippen LogP contribution >= 0.6 is 0 Å². The molecule has 0 radical (unpaired) electrons. The van der Waals surface area contributed by atoms with Crippen molar-refractivity contribution < 1.29 is 28.1 Å². The van der Waals surface area contributed by atoms with Crippen LogP contribution in [0.3, 0.4) is 0 Å². The van der Waals surface area contributed by atoms with E-state index < -0.39 is 12.1 Å².